The van der Waals surface area contributed by atoms with Gasteiger partial charge in [0.05, 0.1) is 12.8 Å². The second kappa shape index (κ2) is 3.83. The number of nitrogens with two attached hydrogens (primary N) is 1. The molecule has 3 heteroatoms. The Morgan fingerprint density at radius 2 is 1.94 bits per heavy atom. The van der Waals surface area contributed by atoms with Gasteiger partial charge in [0.15, 0.2) is 0 Å². The van der Waals surface area contributed by atoms with E-state index in [0.29, 0.717) is 5.41 Å². The molecule has 0 radical (unpaired) electrons. The molecule has 1 aromatic carbocycles. The third-order valence-electron chi connectivity index (χ3n) is 4.30. The van der Waals surface area contributed by atoms with E-state index in [-0.39, 0.29) is 0 Å². The highest BCUT2D eigenvalue weighted by atomic mass is 16.5. The molecular weight excluding hydrogens is 212 g/mol. The standard InChI is InChI=1S/C14H20N2O/c1-17-13-5-4-11(8-12(13)15)16-9-14(10-16)6-2-3-7-14/h4-5,8H,2-3,6-7,9-10,15H2,1H3. The van der Waals surface area contributed by atoms with Gasteiger partial charge in [-0.15, -0.1) is 0 Å². The second-order valence-electron chi connectivity index (χ2n) is 5.49. The molecule has 1 heterocycles. The van der Waals surface area contributed by atoms with Crippen molar-refractivity contribution in [1.82, 2.24) is 0 Å². The van der Waals surface area contributed by atoms with E-state index in [4.69, 9.17) is 10.5 Å². The normalized spacial score (nSPS) is 21.6. The third kappa shape index (κ3) is 1.74. The van der Waals surface area contributed by atoms with E-state index < -0.39 is 0 Å². The number of methoxy groups -OCH3 is 1. The first-order chi connectivity index (χ1) is 8.22. The second-order valence-corrected chi connectivity index (χ2v) is 5.49. The van der Waals surface area contributed by atoms with Gasteiger partial charge in [0.25, 0.3) is 0 Å². The topological polar surface area (TPSA) is 38.5 Å². The van der Waals surface area contributed by atoms with Crippen LogP contribution in [0.1, 0.15) is 25.7 Å². The maximum absolute atomic E-state index is 5.94. The molecule has 1 saturated carbocycles. The Morgan fingerprint density at radius 1 is 1.24 bits per heavy atom. The third-order valence-corrected chi connectivity index (χ3v) is 4.30. The monoisotopic (exact) mass is 232 g/mol. The molecule has 0 atom stereocenters. The lowest BCUT2D eigenvalue weighted by Crippen LogP contribution is -2.55. The van der Waals surface area contributed by atoms with Crippen molar-refractivity contribution < 1.29 is 4.74 Å². The fraction of sp³-hybridized carbons (Fsp3) is 0.571. The van der Waals surface area contributed by atoms with E-state index in [1.807, 2.05) is 12.1 Å². The number of benzene rings is 1. The Labute approximate surface area is 103 Å². The van der Waals surface area contributed by atoms with Gasteiger partial charge >= 0.3 is 0 Å². The first-order valence-corrected chi connectivity index (χ1v) is 6.41. The van der Waals surface area contributed by atoms with Gasteiger partial charge < -0.3 is 15.4 Å². The molecule has 1 saturated heterocycles. The van der Waals surface area contributed by atoms with Crippen molar-refractivity contribution in [2.75, 3.05) is 30.8 Å². The maximum atomic E-state index is 5.94. The van der Waals surface area contributed by atoms with Crippen LogP contribution in [0, 0.1) is 5.41 Å². The van der Waals surface area contributed by atoms with Gasteiger partial charge in [-0.3, -0.25) is 0 Å². The summed E-state index contributed by atoms with van der Waals surface area (Å²) < 4.78 is 5.18. The number of rotatable bonds is 2. The minimum absolute atomic E-state index is 0.634. The molecule has 2 fully saturated rings. The largest absolute Gasteiger partial charge is 0.495 e. The summed E-state index contributed by atoms with van der Waals surface area (Å²) in [6, 6.07) is 6.10. The molecule has 3 rings (SSSR count). The number of ether oxygens (including phenoxy) is 1. The van der Waals surface area contributed by atoms with Crippen LogP contribution in [0.3, 0.4) is 0 Å². The lowest BCUT2D eigenvalue weighted by Gasteiger charge is -2.49. The van der Waals surface area contributed by atoms with Crippen LogP contribution >= 0.6 is 0 Å². The van der Waals surface area contributed by atoms with Gasteiger partial charge in [0.1, 0.15) is 5.75 Å². The highest BCUT2D eigenvalue weighted by molar-refractivity contribution is 5.64. The average molecular weight is 232 g/mol. The molecule has 0 bridgehead atoms. The minimum Gasteiger partial charge on any atom is -0.495 e. The van der Waals surface area contributed by atoms with Crippen LogP contribution < -0.4 is 15.4 Å². The molecule has 0 unspecified atom stereocenters. The van der Waals surface area contributed by atoms with E-state index in [1.165, 1.54) is 44.5 Å². The van der Waals surface area contributed by atoms with Gasteiger partial charge in [-0.25, -0.2) is 0 Å². The van der Waals surface area contributed by atoms with Crippen LogP contribution in [0.25, 0.3) is 0 Å². The number of nitrogen functional groups attached to an aromatic ring is 1. The maximum Gasteiger partial charge on any atom is 0.141 e. The zero-order valence-electron chi connectivity index (χ0n) is 10.4. The van der Waals surface area contributed by atoms with Crippen molar-refractivity contribution in [3.8, 4) is 5.75 Å². The Hall–Kier alpha value is -1.38. The van der Waals surface area contributed by atoms with Crippen molar-refractivity contribution in [2.24, 2.45) is 5.41 Å². The van der Waals surface area contributed by atoms with Crippen molar-refractivity contribution in [2.45, 2.75) is 25.7 Å². The molecule has 1 aromatic rings. The summed E-state index contributed by atoms with van der Waals surface area (Å²) in [4.78, 5) is 2.43. The lowest BCUT2D eigenvalue weighted by molar-refractivity contribution is 0.222. The molecule has 0 aromatic heterocycles. The quantitative estimate of drug-likeness (QED) is 0.797. The molecule has 2 N–H and O–H groups in total. The van der Waals surface area contributed by atoms with Gasteiger partial charge in [0, 0.05) is 24.2 Å². The van der Waals surface area contributed by atoms with Gasteiger partial charge in [-0.2, -0.15) is 0 Å². The predicted molar refractivity (Wildman–Crippen MR) is 70.5 cm³/mol. The van der Waals surface area contributed by atoms with Gasteiger partial charge in [0.2, 0.25) is 0 Å². The first-order valence-electron chi connectivity index (χ1n) is 6.41. The van der Waals surface area contributed by atoms with Gasteiger partial charge in [-0.05, 0) is 31.0 Å². The summed E-state index contributed by atoms with van der Waals surface area (Å²) in [6.07, 6.45) is 5.65. The van der Waals surface area contributed by atoms with Crippen LogP contribution in [-0.2, 0) is 0 Å². The van der Waals surface area contributed by atoms with E-state index in [2.05, 4.69) is 11.0 Å². The van der Waals surface area contributed by atoms with Crippen molar-refractivity contribution >= 4 is 11.4 Å². The minimum atomic E-state index is 0.634. The molecule has 17 heavy (non-hydrogen) atoms. The fourth-order valence-corrected chi connectivity index (χ4v) is 3.31. The first kappa shape index (κ1) is 10.8. The fourth-order valence-electron chi connectivity index (χ4n) is 3.31. The Morgan fingerprint density at radius 3 is 2.53 bits per heavy atom. The van der Waals surface area contributed by atoms with Crippen LogP contribution in [0.15, 0.2) is 18.2 Å². The van der Waals surface area contributed by atoms with Crippen LogP contribution in [-0.4, -0.2) is 20.2 Å². The van der Waals surface area contributed by atoms with Crippen LogP contribution in [0.2, 0.25) is 0 Å². The number of hydrogen-bond donors (Lipinski definition) is 1. The summed E-state index contributed by atoms with van der Waals surface area (Å²) in [5.74, 6) is 0.768. The molecule has 0 amide bonds. The summed E-state index contributed by atoms with van der Waals surface area (Å²) in [5, 5.41) is 0. The molecule has 2 aliphatic rings. The van der Waals surface area contributed by atoms with Crippen LogP contribution in [0.5, 0.6) is 5.75 Å². The summed E-state index contributed by atoms with van der Waals surface area (Å²) in [6.45, 7) is 2.41. The summed E-state index contributed by atoms with van der Waals surface area (Å²) in [7, 11) is 1.66. The van der Waals surface area contributed by atoms with E-state index in [0.717, 1.165) is 11.4 Å². The van der Waals surface area contributed by atoms with Crippen molar-refractivity contribution in [1.29, 1.82) is 0 Å². The SMILES string of the molecule is COc1ccc(N2CC3(CCCC3)C2)cc1N. The van der Waals surface area contributed by atoms with E-state index in [1.54, 1.807) is 7.11 Å². The summed E-state index contributed by atoms with van der Waals surface area (Å²) in [5.41, 5.74) is 8.55. The van der Waals surface area contributed by atoms with E-state index >= 15 is 0 Å². The zero-order chi connectivity index (χ0) is 11.9. The molecule has 1 spiro atoms. The molecule has 3 nitrogen and oxygen atoms in total. The Kier molecular flexibility index (Phi) is 2.42. The smallest absolute Gasteiger partial charge is 0.141 e. The van der Waals surface area contributed by atoms with Crippen molar-refractivity contribution in [3.05, 3.63) is 18.2 Å². The lowest BCUT2D eigenvalue weighted by atomic mass is 9.78. The molecular formula is C14H20N2O. The Balaban J connectivity index is 1.72. The highest BCUT2D eigenvalue weighted by Gasteiger charge is 2.44. The number of anilines is 2. The summed E-state index contributed by atoms with van der Waals surface area (Å²) >= 11 is 0. The predicted octanol–water partition coefficient (Wildman–Crippen LogP) is 2.66. The zero-order valence-corrected chi connectivity index (χ0v) is 10.4. The van der Waals surface area contributed by atoms with Gasteiger partial charge in [-0.1, -0.05) is 12.8 Å². The van der Waals surface area contributed by atoms with E-state index in [9.17, 15) is 0 Å². The molecule has 1 aliphatic heterocycles. The number of hydrogen-bond acceptors (Lipinski definition) is 3. The Bertz CT molecular complexity index is 416. The molecule has 1 aliphatic carbocycles. The van der Waals surface area contributed by atoms with Crippen LogP contribution in [0.4, 0.5) is 11.4 Å². The molecule has 92 valence electrons. The van der Waals surface area contributed by atoms with Crippen molar-refractivity contribution in [3.63, 3.8) is 0 Å². The average Bonchev–Trinajstić information content (AvgIpc) is 2.76. The number of nitrogens with zero attached hydrogens (tertiary/aromatic N) is 1. The highest BCUT2D eigenvalue weighted by Crippen LogP contribution is 2.47.